The lowest BCUT2D eigenvalue weighted by Crippen LogP contribution is -2.43. The van der Waals surface area contributed by atoms with E-state index in [9.17, 15) is 9.59 Å². The minimum atomic E-state index is -0.897. The zero-order valence-electron chi connectivity index (χ0n) is 11.5. The predicted molar refractivity (Wildman–Crippen MR) is 74.9 cm³/mol. The van der Waals surface area contributed by atoms with Crippen molar-refractivity contribution in [2.75, 3.05) is 6.61 Å². The molecule has 0 aliphatic carbocycles. The molecule has 20 heavy (non-hydrogen) atoms. The zero-order chi connectivity index (χ0) is 15.3. The van der Waals surface area contributed by atoms with Crippen LogP contribution in [0, 0.1) is 5.92 Å². The first-order chi connectivity index (χ1) is 9.36. The Kier molecular flexibility index (Phi) is 5.66. The third-order valence-corrected chi connectivity index (χ3v) is 3.46. The maximum Gasteiger partial charge on any atom is 0.431 e. The topological polar surface area (TPSA) is 105 Å². The second kappa shape index (κ2) is 7.01. The molecule has 2 amide bonds. The van der Waals surface area contributed by atoms with Crippen molar-refractivity contribution < 1.29 is 19.5 Å². The fourth-order valence-electron chi connectivity index (χ4n) is 1.21. The average Bonchev–Trinajstić information content (AvgIpc) is 2.91. The SMILES string of the molecule is CC(=NO)c1ccc(C(=O)N(N)C(=O)OCC(C)C)s1. The van der Waals surface area contributed by atoms with Crippen LogP contribution in [0.1, 0.15) is 35.3 Å². The van der Waals surface area contributed by atoms with Gasteiger partial charge >= 0.3 is 6.09 Å². The monoisotopic (exact) mass is 299 g/mol. The van der Waals surface area contributed by atoms with Crippen LogP contribution in [0.5, 0.6) is 0 Å². The van der Waals surface area contributed by atoms with E-state index >= 15 is 0 Å². The standard InChI is InChI=1S/C12H17N3O4S/c1-7(2)6-19-12(17)15(13)11(16)10-5-4-9(20-10)8(3)14-18/h4-5,7,18H,6,13H2,1-3H3. The lowest BCUT2D eigenvalue weighted by Gasteiger charge is -2.14. The summed E-state index contributed by atoms with van der Waals surface area (Å²) in [5.74, 6) is 4.92. The third kappa shape index (κ3) is 4.04. The van der Waals surface area contributed by atoms with Crippen molar-refractivity contribution >= 4 is 29.0 Å². The highest BCUT2D eigenvalue weighted by Gasteiger charge is 2.23. The number of hydrazine groups is 1. The largest absolute Gasteiger partial charge is 0.448 e. The molecule has 0 unspecified atom stereocenters. The van der Waals surface area contributed by atoms with Gasteiger partial charge in [-0.3, -0.25) is 4.79 Å². The molecule has 0 aromatic carbocycles. The summed E-state index contributed by atoms with van der Waals surface area (Å²) in [6, 6.07) is 3.12. The molecular weight excluding hydrogens is 282 g/mol. The fraction of sp³-hybridized carbons (Fsp3) is 0.417. The van der Waals surface area contributed by atoms with Crippen LogP contribution in [-0.4, -0.2) is 34.5 Å². The molecule has 3 N–H and O–H groups in total. The lowest BCUT2D eigenvalue weighted by molar-refractivity contribution is 0.0635. The van der Waals surface area contributed by atoms with Crippen molar-refractivity contribution in [1.82, 2.24) is 5.01 Å². The molecule has 0 saturated carbocycles. The lowest BCUT2D eigenvalue weighted by atomic mass is 10.2. The molecule has 0 aliphatic heterocycles. The van der Waals surface area contributed by atoms with E-state index in [4.69, 9.17) is 15.8 Å². The molecule has 1 aromatic heterocycles. The number of carbonyl (C=O) groups excluding carboxylic acids is 2. The Bertz CT molecular complexity index is 525. The molecular formula is C12H17N3O4S. The number of nitrogens with zero attached hydrogens (tertiary/aromatic N) is 2. The number of rotatable bonds is 4. The van der Waals surface area contributed by atoms with Crippen LogP contribution in [-0.2, 0) is 4.74 Å². The highest BCUT2D eigenvalue weighted by atomic mass is 32.1. The Morgan fingerprint density at radius 2 is 2.05 bits per heavy atom. The van der Waals surface area contributed by atoms with Crippen LogP contribution in [0.3, 0.4) is 0 Å². The Balaban J connectivity index is 2.74. The van der Waals surface area contributed by atoms with Crippen molar-refractivity contribution in [1.29, 1.82) is 0 Å². The maximum atomic E-state index is 12.0. The van der Waals surface area contributed by atoms with Gasteiger partial charge in [0.05, 0.1) is 22.1 Å². The van der Waals surface area contributed by atoms with Gasteiger partial charge in [-0.1, -0.05) is 19.0 Å². The Labute approximate surface area is 120 Å². The summed E-state index contributed by atoms with van der Waals surface area (Å²) in [4.78, 5) is 24.4. The summed E-state index contributed by atoms with van der Waals surface area (Å²) in [6.07, 6.45) is -0.897. The normalized spacial score (nSPS) is 11.6. The van der Waals surface area contributed by atoms with Gasteiger partial charge in [0.2, 0.25) is 0 Å². The van der Waals surface area contributed by atoms with Crippen LogP contribution in [0.15, 0.2) is 17.3 Å². The number of ether oxygens (including phenoxy) is 1. The van der Waals surface area contributed by atoms with Gasteiger partial charge in [-0.05, 0) is 25.0 Å². The number of carbonyl (C=O) groups is 2. The first-order valence-electron chi connectivity index (χ1n) is 5.91. The van der Waals surface area contributed by atoms with E-state index in [1.165, 1.54) is 6.07 Å². The van der Waals surface area contributed by atoms with Crippen molar-refractivity contribution in [3.63, 3.8) is 0 Å². The van der Waals surface area contributed by atoms with Gasteiger partial charge in [0, 0.05) is 0 Å². The summed E-state index contributed by atoms with van der Waals surface area (Å²) in [7, 11) is 0. The second-order valence-corrected chi connectivity index (χ2v) is 5.58. The van der Waals surface area contributed by atoms with Crippen LogP contribution in [0.2, 0.25) is 0 Å². The quantitative estimate of drug-likeness (QED) is 0.291. The number of thiophene rings is 1. The molecule has 0 fully saturated rings. The minimum Gasteiger partial charge on any atom is -0.448 e. The van der Waals surface area contributed by atoms with E-state index in [1.807, 2.05) is 13.8 Å². The highest BCUT2D eigenvalue weighted by molar-refractivity contribution is 7.16. The Hall–Kier alpha value is -1.93. The zero-order valence-corrected chi connectivity index (χ0v) is 12.3. The number of imide groups is 1. The summed E-state index contributed by atoms with van der Waals surface area (Å²) in [6.45, 7) is 5.53. The number of hydrogen-bond donors (Lipinski definition) is 2. The second-order valence-electron chi connectivity index (χ2n) is 4.50. The van der Waals surface area contributed by atoms with E-state index in [-0.39, 0.29) is 17.4 Å². The molecule has 8 heteroatoms. The smallest absolute Gasteiger partial charge is 0.431 e. The molecule has 1 heterocycles. The number of nitrogens with two attached hydrogens (primary N) is 1. The first kappa shape index (κ1) is 16.1. The van der Waals surface area contributed by atoms with E-state index in [0.717, 1.165) is 11.3 Å². The maximum absolute atomic E-state index is 12.0. The van der Waals surface area contributed by atoms with Crippen LogP contribution < -0.4 is 5.84 Å². The molecule has 0 spiro atoms. The van der Waals surface area contributed by atoms with Gasteiger partial charge in [0.25, 0.3) is 5.91 Å². The average molecular weight is 299 g/mol. The Morgan fingerprint density at radius 3 is 2.60 bits per heavy atom. The van der Waals surface area contributed by atoms with Gasteiger partial charge in [-0.2, -0.15) is 5.01 Å². The van der Waals surface area contributed by atoms with Gasteiger partial charge in [-0.25, -0.2) is 10.6 Å². The molecule has 0 bridgehead atoms. The van der Waals surface area contributed by atoms with Crippen LogP contribution in [0.4, 0.5) is 4.79 Å². The minimum absolute atomic E-state index is 0.152. The van der Waals surface area contributed by atoms with E-state index < -0.39 is 12.0 Å². The predicted octanol–water partition coefficient (Wildman–Crippen LogP) is 2.05. The molecule has 1 rings (SSSR count). The van der Waals surface area contributed by atoms with Crippen molar-refractivity contribution in [2.24, 2.45) is 16.9 Å². The van der Waals surface area contributed by atoms with E-state index in [1.54, 1.807) is 13.0 Å². The molecule has 0 aliphatic rings. The molecule has 0 saturated heterocycles. The highest BCUT2D eigenvalue weighted by Crippen LogP contribution is 2.18. The molecule has 7 nitrogen and oxygen atoms in total. The van der Waals surface area contributed by atoms with E-state index in [2.05, 4.69) is 5.16 Å². The summed E-state index contributed by atoms with van der Waals surface area (Å²) >= 11 is 1.07. The fourth-order valence-corrected chi connectivity index (χ4v) is 2.09. The molecule has 1 aromatic rings. The number of oxime groups is 1. The van der Waals surface area contributed by atoms with Crippen molar-refractivity contribution in [3.8, 4) is 0 Å². The van der Waals surface area contributed by atoms with E-state index in [0.29, 0.717) is 15.6 Å². The number of hydrogen-bond acceptors (Lipinski definition) is 7. The van der Waals surface area contributed by atoms with Gasteiger partial charge in [0.1, 0.15) is 0 Å². The van der Waals surface area contributed by atoms with Crippen LogP contribution >= 0.6 is 11.3 Å². The summed E-state index contributed by atoms with van der Waals surface area (Å²) < 4.78 is 4.87. The Morgan fingerprint density at radius 1 is 1.45 bits per heavy atom. The molecule has 110 valence electrons. The van der Waals surface area contributed by atoms with Crippen LogP contribution in [0.25, 0.3) is 0 Å². The third-order valence-electron chi connectivity index (χ3n) is 2.28. The number of amides is 2. The van der Waals surface area contributed by atoms with Gasteiger partial charge < -0.3 is 9.94 Å². The molecule has 0 atom stereocenters. The molecule has 0 radical (unpaired) electrons. The van der Waals surface area contributed by atoms with Gasteiger partial charge in [-0.15, -0.1) is 11.3 Å². The van der Waals surface area contributed by atoms with Gasteiger partial charge in [0.15, 0.2) is 0 Å². The van der Waals surface area contributed by atoms with Crippen molar-refractivity contribution in [3.05, 3.63) is 21.9 Å². The van der Waals surface area contributed by atoms with Crippen molar-refractivity contribution in [2.45, 2.75) is 20.8 Å². The first-order valence-corrected chi connectivity index (χ1v) is 6.73. The summed E-state index contributed by atoms with van der Waals surface area (Å²) in [5.41, 5.74) is 0.375. The summed E-state index contributed by atoms with van der Waals surface area (Å²) in [5, 5.41) is 12.1.